The molecule has 0 bridgehead atoms. The van der Waals surface area contributed by atoms with Crippen LogP contribution in [0.5, 0.6) is 28.7 Å². The Kier molecular flexibility index (Phi) is 5.45. The van der Waals surface area contributed by atoms with E-state index in [1.807, 2.05) is 72.8 Å². The third kappa shape index (κ3) is 4.13. The zero-order chi connectivity index (χ0) is 21.8. The van der Waals surface area contributed by atoms with Gasteiger partial charge in [0, 0.05) is 23.5 Å². The van der Waals surface area contributed by atoms with Gasteiger partial charge < -0.3 is 24.3 Å². The molecule has 7 heteroatoms. The molecule has 0 aliphatic carbocycles. The molecule has 0 fully saturated rings. The number of nitrogens with zero attached hydrogens (tertiary/aromatic N) is 2. The molecule has 0 amide bonds. The van der Waals surface area contributed by atoms with Gasteiger partial charge >= 0.3 is 0 Å². The number of aromatic nitrogens is 2. The lowest BCUT2D eigenvalue weighted by Crippen LogP contribution is -2.16. The van der Waals surface area contributed by atoms with Crippen LogP contribution in [0.2, 0.25) is 0 Å². The van der Waals surface area contributed by atoms with Gasteiger partial charge in [0.2, 0.25) is 11.7 Å². The van der Waals surface area contributed by atoms with Gasteiger partial charge in [0.05, 0.1) is 12.8 Å². The number of para-hydroxylation sites is 1. The van der Waals surface area contributed by atoms with E-state index >= 15 is 0 Å². The van der Waals surface area contributed by atoms with Gasteiger partial charge in [-0.05, 0) is 42.5 Å². The highest BCUT2D eigenvalue weighted by Crippen LogP contribution is 2.45. The van der Waals surface area contributed by atoms with Gasteiger partial charge in [-0.1, -0.05) is 24.3 Å². The third-order valence-corrected chi connectivity index (χ3v) is 4.87. The van der Waals surface area contributed by atoms with Crippen LogP contribution in [0.1, 0.15) is 0 Å². The molecule has 5 rings (SSSR count). The van der Waals surface area contributed by atoms with Crippen molar-refractivity contribution in [2.75, 3.05) is 25.6 Å². The average Bonchev–Trinajstić information content (AvgIpc) is 2.84. The minimum Gasteiger partial charge on any atom is -0.492 e. The number of hydrogen-bond acceptors (Lipinski definition) is 7. The summed E-state index contributed by atoms with van der Waals surface area (Å²) < 4.78 is 23.0. The van der Waals surface area contributed by atoms with Crippen LogP contribution < -0.4 is 24.3 Å². The van der Waals surface area contributed by atoms with E-state index in [0.717, 1.165) is 17.0 Å². The molecule has 4 aromatic rings. The van der Waals surface area contributed by atoms with E-state index in [1.54, 1.807) is 13.3 Å². The fraction of sp³-hybridized carbons (Fsp3) is 0.120. The summed E-state index contributed by atoms with van der Waals surface area (Å²) in [4.78, 5) is 9.03. The maximum Gasteiger partial charge on any atom is 0.227 e. The van der Waals surface area contributed by atoms with E-state index in [1.165, 1.54) is 0 Å². The number of fused-ring (bicyclic) bond motifs is 1. The van der Waals surface area contributed by atoms with Crippen LogP contribution in [-0.2, 0) is 0 Å². The topological polar surface area (TPSA) is 74.7 Å². The first-order valence-corrected chi connectivity index (χ1v) is 10.2. The number of hydrogen-bond donors (Lipinski definition) is 1. The average molecular weight is 427 g/mol. The van der Waals surface area contributed by atoms with Gasteiger partial charge in [0.1, 0.15) is 24.7 Å². The number of ether oxygens (including phenoxy) is 4. The van der Waals surface area contributed by atoms with Crippen LogP contribution in [-0.4, -0.2) is 30.3 Å². The van der Waals surface area contributed by atoms with Gasteiger partial charge in [0.15, 0.2) is 11.5 Å². The Morgan fingerprint density at radius 1 is 0.875 bits per heavy atom. The van der Waals surface area contributed by atoms with Crippen molar-refractivity contribution < 1.29 is 18.9 Å². The molecule has 1 N–H and O–H groups in total. The smallest absolute Gasteiger partial charge is 0.227 e. The Morgan fingerprint density at radius 3 is 2.59 bits per heavy atom. The molecule has 1 aliphatic heterocycles. The van der Waals surface area contributed by atoms with Crippen LogP contribution in [0.3, 0.4) is 0 Å². The summed E-state index contributed by atoms with van der Waals surface area (Å²) in [6.45, 7) is 0.995. The fourth-order valence-electron chi connectivity index (χ4n) is 3.45. The maximum atomic E-state index is 5.91. The third-order valence-electron chi connectivity index (χ3n) is 4.87. The molecule has 0 spiro atoms. The molecule has 0 saturated heterocycles. The second-order valence-electron chi connectivity index (χ2n) is 7.00. The Morgan fingerprint density at radius 2 is 1.72 bits per heavy atom. The highest BCUT2D eigenvalue weighted by molar-refractivity contribution is 5.75. The van der Waals surface area contributed by atoms with Gasteiger partial charge in [-0.3, -0.25) is 0 Å². The molecule has 160 valence electrons. The summed E-state index contributed by atoms with van der Waals surface area (Å²) in [5.41, 5.74) is 2.31. The Balaban J connectivity index is 1.40. The zero-order valence-electron chi connectivity index (χ0n) is 17.4. The monoisotopic (exact) mass is 427 g/mol. The van der Waals surface area contributed by atoms with E-state index in [2.05, 4.69) is 15.3 Å². The summed E-state index contributed by atoms with van der Waals surface area (Å²) in [7, 11) is 1.61. The number of nitrogens with one attached hydrogen (secondary N) is 1. The van der Waals surface area contributed by atoms with E-state index < -0.39 is 0 Å². The summed E-state index contributed by atoms with van der Waals surface area (Å²) in [6.07, 6.45) is 1.70. The predicted molar refractivity (Wildman–Crippen MR) is 121 cm³/mol. The first-order chi connectivity index (χ1) is 15.8. The first-order valence-electron chi connectivity index (χ1n) is 10.2. The number of anilines is 2. The van der Waals surface area contributed by atoms with Crippen molar-refractivity contribution in [3.05, 3.63) is 79.0 Å². The van der Waals surface area contributed by atoms with Gasteiger partial charge in [-0.2, -0.15) is 0 Å². The minimum absolute atomic E-state index is 0.455. The minimum atomic E-state index is 0.455. The van der Waals surface area contributed by atoms with Crippen LogP contribution in [0.15, 0.2) is 79.0 Å². The molecule has 32 heavy (non-hydrogen) atoms. The molecular formula is C25H21N3O4. The predicted octanol–water partition coefficient (Wildman–Crippen LogP) is 5.46. The van der Waals surface area contributed by atoms with Crippen LogP contribution in [0.25, 0.3) is 11.3 Å². The zero-order valence-corrected chi connectivity index (χ0v) is 17.4. The first kappa shape index (κ1) is 19.7. The SMILES string of the molecule is COc1c(-c2ccnc(Nc3cccc(Oc4ccccc4)c3)n2)ccc2c1OCCO2. The molecule has 0 unspecified atom stereocenters. The number of rotatable bonds is 6. The number of benzene rings is 3. The Bertz CT molecular complexity index is 1230. The van der Waals surface area contributed by atoms with Crippen LogP contribution in [0.4, 0.5) is 11.6 Å². The van der Waals surface area contributed by atoms with Gasteiger partial charge in [-0.15, -0.1) is 0 Å². The van der Waals surface area contributed by atoms with Crippen LogP contribution in [0, 0.1) is 0 Å². The Hall–Kier alpha value is -4.26. The molecular weight excluding hydrogens is 406 g/mol. The molecule has 0 radical (unpaired) electrons. The summed E-state index contributed by atoms with van der Waals surface area (Å²) in [5.74, 6) is 3.79. The molecule has 1 aliphatic rings. The molecule has 2 heterocycles. The maximum absolute atomic E-state index is 5.91. The molecule has 7 nitrogen and oxygen atoms in total. The number of methoxy groups -OCH3 is 1. The van der Waals surface area contributed by atoms with Crippen molar-refractivity contribution in [2.24, 2.45) is 0 Å². The molecule has 1 aromatic heterocycles. The van der Waals surface area contributed by atoms with Crippen LogP contribution >= 0.6 is 0 Å². The molecule has 0 atom stereocenters. The van der Waals surface area contributed by atoms with E-state index in [9.17, 15) is 0 Å². The van der Waals surface area contributed by atoms with Crippen molar-refractivity contribution in [3.8, 4) is 40.0 Å². The Labute approximate surface area is 185 Å². The largest absolute Gasteiger partial charge is 0.492 e. The molecule has 3 aromatic carbocycles. The van der Waals surface area contributed by atoms with Crippen molar-refractivity contribution in [3.63, 3.8) is 0 Å². The summed E-state index contributed by atoms with van der Waals surface area (Å²) in [6, 6.07) is 22.9. The van der Waals surface area contributed by atoms with Gasteiger partial charge in [0.25, 0.3) is 0 Å². The lowest BCUT2D eigenvalue weighted by molar-refractivity contribution is 0.165. The van der Waals surface area contributed by atoms with Crippen molar-refractivity contribution in [2.45, 2.75) is 0 Å². The fourth-order valence-corrected chi connectivity index (χ4v) is 3.45. The summed E-state index contributed by atoms with van der Waals surface area (Å²) in [5, 5.41) is 3.24. The second kappa shape index (κ2) is 8.85. The summed E-state index contributed by atoms with van der Waals surface area (Å²) >= 11 is 0. The molecule has 0 saturated carbocycles. The van der Waals surface area contributed by atoms with E-state index in [0.29, 0.717) is 47.9 Å². The van der Waals surface area contributed by atoms with E-state index in [4.69, 9.17) is 18.9 Å². The highest BCUT2D eigenvalue weighted by Gasteiger charge is 2.21. The highest BCUT2D eigenvalue weighted by atomic mass is 16.6. The lowest BCUT2D eigenvalue weighted by atomic mass is 10.1. The van der Waals surface area contributed by atoms with Crippen molar-refractivity contribution >= 4 is 11.6 Å². The second-order valence-corrected chi connectivity index (χ2v) is 7.00. The van der Waals surface area contributed by atoms with Gasteiger partial charge in [-0.25, -0.2) is 9.97 Å². The van der Waals surface area contributed by atoms with Crippen molar-refractivity contribution in [1.82, 2.24) is 9.97 Å². The lowest BCUT2D eigenvalue weighted by Gasteiger charge is -2.22. The normalized spacial score (nSPS) is 12.2. The van der Waals surface area contributed by atoms with Crippen molar-refractivity contribution in [1.29, 1.82) is 0 Å². The van der Waals surface area contributed by atoms with E-state index in [-0.39, 0.29) is 0 Å². The quantitative estimate of drug-likeness (QED) is 0.438. The standard InChI is InChI=1S/C25H21N3O4/c1-29-23-20(10-11-22-24(23)31-15-14-30-22)21-12-13-26-25(28-21)27-17-6-5-9-19(16-17)32-18-7-3-2-4-8-18/h2-13,16H,14-15H2,1H3,(H,26,27,28).